The monoisotopic (exact) mass is 346 g/mol. The molecule has 1 aliphatic heterocycles. The van der Waals surface area contributed by atoms with Crippen molar-refractivity contribution in [2.45, 2.75) is 6.92 Å². The summed E-state index contributed by atoms with van der Waals surface area (Å²) in [6.45, 7) is 3.30. The van der Waals surface area contributed by atoms with Crippen LogP contribution in [0.5, 0.6) is 11.5 Å². The van der Waals surface area contributed by atoms with Crippen molar-refractivity contribution in [3.63, 3.8) is 0 Å². The van der Waals surface area contributed by atoms with Crippen molar-refractivity contribution in [1.29, 1.82) is 0 Å². The van der Waals surface area contributed by atoms with Gasteiger partial charge in [-0.15, -0.1) is 0 Å². The lowest BCUT2D eigenvalue weighted by Gasteiger charge is -2.09. The smallest absolute Gasteiger partial charge is 0.193 e. The zero-order valence-electron chi connectivity index (χ0n) is 11.6. The van der Waals surface area contributed by atoms with Gasteiger partial charge in [-0.2, -0.15) is 0 Å². The first kappa shape index (κ1) is 14.1. The fourth-order valence-electron chi connectivity index (χ4n) is 2.16. The molecule has 1 aliphatic rings. The normalized spacial score (nSPS) is 17.1. The fraction of sp³-hybridized carbons (Fsp3) is 0.235. The van der Waals surface area contributed by atoms with Gasteiger partial charge in [-0.25, -0.2) is 0 Å². The van der Waals surface area contributed by atoms with Gasteiger partial charge in [0, 0.05) is 21.5 Å². The maximum Gasteiger partial charge on any atom is 0.193 e. The highest BCUT2D eigenvalue weighted by Crippen LogP contribution is 2.32. The van der Waals surface area contributed by atoms with Crippen LogP contribution >= 0.6 is 15.9 Å². The summed E-state index contributed by atoms with van der Waals surface area (Å²) in [7, 11) is 0. The summed E-state index contributed by atoms with van der Waals surface area (Å²) in [5.74, 6) is 1.66. The average molecular weight is 347 g/mol. The Balaban J connectivity index is 1.90. The molecule has 3 rings (SSSR count). The number of benzene rings is 2. The van der Waals surface area contributed by atoms with Gasteiger partial charge >= 0.3 is 0 Å². The second kappa shape index (κ2) is 5.90. The first-order valence-corrected chi connectivity index (χ1v) is 7.62. The zero-order valence-corrected chi connectivity index (χ0v) is 13.2. The molecule has 1 unspecified atom stereocenters. The number of hydrogen-bond donors (Lipinski definition) is 0. The molecular formula is C17H15BrO3. The van der Waals surface area contributed by atoms with Crippen LogP contribution in [0.4, 0.5) is 0 Å². The summed E-state index contributed by atoms with van der Waals surface area (Å²) in [5.41, 5.74) is 1.26. The van der Waals surface area contributed by atoms with Gasteiger partial charge in [-0.3, -0.25) is 4.79 Å². The molecule has 4 heteroatoms. The number of ether oxygens (including phenoxy) is 2. The van der Waals surface area contributed by atoms with Crippen molar-refractivity contribution in [1.82, 2.24) is 0 Å². The third kappa shape index (κ3) is 3.10. The summed E-state index contributed by atoms with van der Waals surface area (Å²) in [6.07, 6.45) is 0. The van der Waals surface area contributed by atoms with Crippen LogP contribution in [0.3, 0.4) is 0 Å². The molecule has 0 amide bonds. The van der Waals surface area contributed by atoms with Gasteiger partial charge in [0.2, 0.25) is 0 Å². The molecule has 21 heavy (non-hydrogen) atoms. The molecule has 2 aromatic rings. The highest BCUT2D eigenvalue weighted by Gasteiger charge is 2.17. The number of rotatable bonds is 2. The molecule has 0 saturated heterocycles. The van der Waals surface area contributed by atoms with E-state index in [2.05, 4.69) is 22.9 Å². The molecule has 2 aromatic carbocycles. The lowest BCUT2D eigenvalue weighted by atomic mass is 10.0. The second-order valence-electron chi connectivity index (χ2n) is 5.22. The lowest BCUT2D eigenvalue weighted by molar-refractivity contribution is 0.103. The van der Waals surface area contributed by atoms with Gasteiger partial charge in [0.15, 0.2) is 17.3 Å². The first-order valence-electron chi connectivity index (χ1n) is 6.83. The number of halogens is 1. The molecule has 0 bridgehead atoms. The Hall–Kier alpha value is -1.81. The number of ketones is 1. The Bertz CT molecular complexity index is 664. The molecule has 3 nitrogen and oxygen atoms in total. The van der Waals surface area contributed by atoms with E-state index in [9.17, 15) is 4.79 Å². The summed E-state index contributed by atoms with van der Waals surface area (Å²) < 4.78 is 12.3. The van der Waals surface area contributed by atoms with Crippen molar-refractivity contribution in [3.8, 4) is 11.5 Å². The van der Waals surface area contributed by atoms with Crippen molar-refractivity contribution in [2.75, 3.05) is 13.2 Å². The van der Waals surface area contributed by atoms with E-state index in [1.807, 2.05) is 12.1 Å². The Morgan fingerprint density at radius 3 is 2.33 bits per heavy atom. The van der Waals surface area contributed by atoms with E-state index in [0.29, 0.717) is 41.8 Å². The Labute approximate surface area is 132 Å². The van der Waals surface area contributed by atoms with E-state index in [1.54, 1.807) is 30.3 Å². The minimum Gasteiger partial charge on any atom is -0.489 e. The van der Waals surface area contributed by atoms with Crippen molar-refractivity contribution in [3.05, 3.63) is 58.1 Å². The van der Waals surface area contributed by atoms with Crippen molar-refractivity contribution < 1.29 is 14.3 Å². The van der Waals surface area contributed by atoms with Gasteiger partial charge in [-0.1, -0.05) is 22.9 Å². The number of fused-ring (bicyclic) bond motifs is 1. The Kier molecular flexibility index (Phi) is 3.97. The molecule has 0 spiro atoms. The van der Waals surface area contributed by atoms with Gasteiger partial charge in [0.05, 0.1) is 13.2 Å². The molecule has 0 aromatic heterocycles. The number of hydrogen-bond acceptors (Lipinski definition) is 3. The largest absolute Gasteiger partial charge is 0.489 e. The molecule has 1 heterocycles. The predicted molar refractivity (Wildman–Crippen MR) is 84.2 cm³/mol. The molecule has 0 fully saturated rings. The molecule has 108 valence electrons. The molecule has 0 aliphatic carbocycles. The van der Waals surface area contributed by atoms with Crippen LogP contribution in [0.1, 0.15) is 22.8 Å². The van der Waals surface area contributed by atoms with Gasteiger partial charge in [0.1, 0.15) is 0 Å². The molecule has 1 atom stereocenters. The molecular weight excluding hydrogens is 332 g/mol. The molecule has 0 radical (unpaired) electrons. The van der Waals surface area contributed by atoms with E-state index < -0.39 is 0 Å². The number of carbonyl (C=O) groups is 1. The van der Waals surface area contributed by atoms with E-state index >= 15 is 0 Å². The van der Waals surface area contributed by atoms with Crippen LogP contribution in [-0.4, -0.2) is 19.0 Å². The maximum absolute atomic E-state index is 12.5. The topological polar surface area (TPSA) is 35.5 Å². The van der Waals surface area contributed by atoms with E-state index in [1.165, 1.54) is 0 Å². The first-order chi connectivity index (χ1) is 10.1. The SMILES string of the molecule is CC1COc2ccc(C(=O)c3ccc(Br)cc3)cc2OC1. The maximum atomic E-state index is 12.5. The van der Waals surface area contributed by atoms with Crippen LogP contribution in [0.25, 0.3) is 0 Å². The van der Waals surface area contributed by atoms with E-state index in [-0.39, 0.29) is 5.78 Å². The summed E-state index contributed by atoms with van der Waals surface area (Å²) in [4.78, 5) is 12.5. The van der Waals surface area contributed by atoms with Crippen LogP contribution in [-0.2, 0) is 0 Å². The van der Waals surface area contributed by atoms with E-state index in [0.717, 1.165) is 4.47 Å². The standard InChI is InChI=1S/C17H15BrO3/c1-11-9-20-15-7-4-13(8-16(15)21-10-11)17(19)12-2-5-14(18)6-3-12/h2-8,11H,9-10H2,1H3. The lowest BCUT2D eigenvalue weighted by Crippen LogP contribution is -2.12. The van der Waals surface area contributed by atoms with E-state index in [4.69, 9.17) is 9.47 Å². The highest BCUT2D eigenvalue weighted by atomic mass is 79.9. The second-order valence-corrected chi connectivity index (χ2v) is 6.14. The minimum atomic E-state index is -0.0220. The third-order valence-corrected chi connectivity index (χ3v) is 3.89. The fourth-order valence-corrected chi connectivity index (χ4v) is 2.43. The van der Waals surface area contributed by atoms with Crippen LogP contribution < -0.4 is 9.47 Å². The van der Waals surface area contributed by atoms with Crippen LogP contribution in [0.15, 0.2) is 46.9 Å². The molecule has 0 saturated carbocycles. The Morgan fingerprint density at radius 1 is 1.00 bits per heavy atom. The van der Waals surface area contributed by atoms with Crippen molar-refractivity contribution in [2.24, 2.45) is 5.92 Å². The van der Waals surface area contributed by atoms with Gasteiger partial charge < -0.3 is 9.47 Å². The quantitative estimate of drug-likeness (QED) is 0.768. The average Bonchev–Trinajstić information content (AvgIpc) is 2.69. The predicted octanol–water partition coefficient (Wildman–Crippen LogP) is 4.09. The summed E-state index contributed by atoms with van der Waals surface area (Å²) in [6, 6.07) is 12.7. The van der Waals surface area contributed by atoms with Gasteiger partial charge in [-0.05, 0) is 42.5 Å². The van der Waals surface area contributed by atoms with Gasteiger partial charge in [0.25, 0.3) is 0 Å². The number of carbonyl (C=O) groups excluding carboxylic acids is 1. The highest BCUT2D eigenvalue weighted by molar-refractivity contribution is 9.10. The zero-order chi connectivity index (χ0) is 14.8. The summed E-state index contributed by atoms with van der Waals surface area (Å²) >= 11 is 3.37. The summed E-state index contributed by atoms with van der Waals surface area (Å²) in [5, 5.41) is 0. The van der Waals surface area contributed by atoms with Crippen LogP contribution in [0.2, 0.25) is 0 Å². The Morgan fingerprint density at radius 2 is 1.62 bits per heavy atom. The van der Waals surface area contributed by atoms with Crippen LogP contribution in [0, 0.1) is 5.92 Å². The van der Waals surface area contributed by atoms with Crippen molar-refractivity contribution >= 4 is 21.7 Å². The third-order valence-electron chi connectivity index (χ3n) is 3.36. The molecule has 0 N–H and O–H groups in total. The minimum absolute atomic E-state index is 0.0220.